The number of aromatic amines is 1. The average Bonchev–Trinajstić information content (AvgIpc) is 3.01. The number of anilines is 1. The Bertz CT molecular complexity index is 869. The third kappa shape index (κ3) is 2.27. The number of halogens is 1. The first kappa shape index (κ1) is 15.8. The molecule has 1 saturated heterocycles. The quantitative estimate of drug-likeness (QED) is 0.404. The maximum Gasteiger partial charge on any atom is 0.280 e. The van der Waals surface area contributed by atoms with Crippen LogP contribution in [0, 0.1) is 11.8 Å². The minimum atomic E-state index is -1.53. The van der Waals surface area contributed by atoms with Crippen molar-refractivity contribution in [2.75, 3.05) is 12.3 Å². The van der Waals surface area contributed by atoms with Gasteiger partial charge in [0.15, 0.2) is 22.3 Å². The second-order valence-corrected chi connectivity index (χ2v) is 5.70. The molecule has 122 valence electrons. The number of hydrogen-bond acceptors (Lipinski definition) is 7. The number of nitrogens with zero attached hydrogens (tertiary/aromatic N) is 3. The molecule has 3 heterocycles. The van der Waals surface area contributed by atoms with Gasteiger partial charge >= 0.3 is 0 Å². The Hall–Kier alpha value is -2.12. The number of H-pyrrole nitrogens is 1. The first-order valence-corrected chi connectivity index (χ1v) is 7.09. The molecule has 1 fully saturated rings. The molecule has 2 unspecified atom stereocenters. The molecule has 0 radical (unpaired) electrons. The molecule has 9 nitrogen and oxygen atoms in total. The minimum absolute atomic E-state index is 0.0493. The van der Waals surface area contributed by atoms with Gasteiger partial charge in [-0.2, -0.15) is 4.98 Å². The van der Waals surface area contributed by atoms with Gasteiger partial charge in [0.05, 0.1) is 12.9 Å². The standard InChI is InChI=1S/C13H14ClN5O4/c1-2-3-13(14)8(21)6(4-20)23-11(13)19-5-16-7-9(19)17-12(15)18-10(7)22/h5-6,8,11,20-21H,4H2,1H3,(H3,15,17,18,22)/t6-,8?,11-,13?/m1/s1. The monoisotopic (exact) mass is 339 g/mol. The normalized spacial score (nSPS) is 30.3. The topological polar surface area (TPSA) is 139 Å². The molecule has 4 atom stereocenters. The van der Waals surface area contributed by atoms with Crippen molar-refractivity contribution in [3.63, 3.8) is 0 Å². The van der Waals surface area contributed by atoms with E-state index in [0.29, 0.717) is 0 Å². The highest BCUT2D eigenvalue weighted by molar-refractivity contribution is 6.27. The summed E-state index contributed by atoms with van der Waals surface area (Å²) in [6, 6.07) is 0. The van der Waals surface area contributed by atoms with Gasteiger partial charge < -0.3 is 20.7 Å². The molecule has 0 spiro atoms. The Balaban J connectivity index is 2.20. The van der Waals surface area contributed by atoms with Crippen molar-refractivity contribution in [3.05, 3.63) is 16.7 Å². The van der Waals surface area contributed by atoms with E-state index in [9.17, 15) is 15.0 Å². The summed E-state index contributed by atoms with van der Waals surface area (Å²) >= 11 is 6.48. The fraction of sp³-hybridized carbons (Fsp3) is 0.462. The van der Waals surface area contributed by atoms with E-state index in [4.69, 9.17) is 22.1 Å². The van der Waals surface area contributed by atoms with Crippen LogP contribution in [0.1, 0.15) is 13.2 Å². The number of ether oxygens (including phenoxy) is 1. The molecule has 1 aliphatic rings. The Morgan fingerprint density at radius 1 is 1.65 bits per heavy atom. The first-order chi connectivity index (χ1) is 10.9. The maximum atomic E-state index is 11.9. The van der Waals surface area contributed by atoms with Gasteiger partial charge in [-0.25, -0.2) is 4.98 Å². The highest BCUT2D eigenvalue weighted by atomic mass is 35.5. The molecule has 5 N–H and O–H groups in total. The fourth-order valence-electron chi connectivity index (χ4n) is 2.61. The Morgan fingerprint density at radius 3 is 3.04 bits per heavy atom. The molecule has 1 aliphatic heterocycles. The molecule has 3 rings (SSSR count). The molecular formula is C13H14ClN5O4. The predicted octanol–water partition coefficient (Wildman–Crippen LogP) is -1.05. The molecule has 2 aromatic heterocycles. The molecule has 0 bridgehead atoms. The van der Waals surface area contributed by atoms with Crippen LogP contribution in [0.5, 0.6) is 0 Å². The number of aliphatic hydroxyl groups excluding tert-OH is 2. The van der Waals surface area contributed by atoms with Crippen LogP contribution in [-0.4, -0.2) is 53.4 Å². The zero-order valence-electron chi connectivity index (χ0n) is 12.0. The minimum Gasteiger partial charge on any atom is -0.394 e. The second kappa shape index (κ2) is 5.50. The smallest absolute Gasteiger partial charge is 0.280 e. The van der Waals surface area contributed by atoms with E-state index in [-0.39, 0.29) is 17.1 Å². The van der Waals surface area contributed by atoms with Crippen LogP contribution in [0.4, 0.5) is 5.95 Å². The van der Waals surface area contributed by atoms with Crippen molar-refractivity contribution in [1.82, 2.24) is 19.5 Å². The lowest BCUT2D eigenvalue weighted by Gasteiger charge is -2.25. The van der Waals surface area contributed by atoms with Crippen LogP contribution in [0.3, 0.4) is 0 Å². The van der Waals surface area contributed by atoms with Crippen molar-refractivity contribution in [1.29, 1.82) is 0 Å². The summed E-state index contributed by atoms with van der Waals surface area (Å²) in [5.74, 6) is 5.25. The van der Waals surface area contributed by atoms with Crippen LogP contribution >= 0.6 is 11.6 Å². The Kier molecular flexibility index (Phi) is 3.77. The van der Waals surface area contributed by atoms with Crippen LogP contribution < -0.4 is 11.3 Å². The zero-order chi connectivity index (χ0) is 16.8. The van der Waals surface area contributed by atoms with E-state index < -0.39 is 35.5 Å². The van der Waals surface area contributed by atoms with E-state index in [1.165, 1.54) is 10.9 Å². The largest absolute Gasteiger partial charge is 0.394 e. The Labute approximate surface area is 135 Å². The van der Waals surface area contributed by atoms with Gasteiger partial charge in [-0.3, -0.25) is 14.3 Å². The number of aromatic nitrogens is 4. The van der Waals surface area contributed by atoms with Gasteiger partial charge in [-0.1, -0.05) is 17.5 Å². The number of nitrogens with two attached hydrogens (primary N) is 1. The first-order valence-electron chi connectivity index (χ1n) is 6.72. The molecule has 0 aromatic carbocycles. The molecule has 0 saturated carbocycles. The third-order valence-corrected chi connectivity index (χ3v) is 4.15. The van der Waals surface area contributed by atoms with Gasteiger partial charge in [-0.05, 0) is 6.92 Å². The summed E-state index contributed by atoms with van der Waals surface area (Å²) < 4.78 is 6.99. The van der Waals surface area contributed by atoms with Crippen LogP contribution in [0.15, 0.2) is 11.1 Å². The van der Waals surface area contributed by atoms with Gasteiger partial charge in [-0.15, -0.1) is 5.92 Å². The highest BCUT2D eigenvalue weighted by Crippen LogP contribution is 2.43. The molecule has 10 heteroatoms. The van der Waals surface area contributed by atoms with Crippen LogP contribution in [-0.2, 0) is 4.74 Å². The number of imidazole rings is 1. The lowest BCUT2D eigenvalue weighted by atomic mass is 9.99. The lowest BCUT2D eigenvalue weighted by molar-refractivity contribution is -0.0436. The van der Waals surface area contributed by atoms with E-state index in [1.807, 2.05) is 0 Å². The number of fused-ring (bicyclic) bond motifs is 1. The summed E-state index contributed by atoms with van der Waals surface area (Å²) in [5, 5.41) is 19.7. The Morgan fingerprint density at radius 2 is 2.39 bits per heavy atom. The van der Waals surface area contributed by atoms with Gasteiger partial charge in [0.25, 0.3) is 5.56 Å². The van der Waals surface area contributed by atoms with Crippen molar-refractivity contribution in [2.24, 2.45) is 0 Å². The van der Waals surface area contributed by atoms with Gasteiger partial charge in [0.2, 0.25) is 5.95 Å². The number of aliphatic hydroxyl groups is 2. The SMILES string of the molecule is CC#CC1(Cl)C(O)[C@@H](CO)O[C@H]1n1cnc2c(=O)[nH]c(N)nc21. The predicted molar refractivity (Wildman–Crippen MR) is 81.6 cm³/mol. The van der Waals surface area contributed by atoms with Gasteiger partial charge in [0, 0.05) is 0 Å². The van der Waals surface area contributed by atoms with Crippen LogP contribution in [0.2, 0.25) is 0 Å². The zero-order valence-corrected chi connectivity index (χ0v) is 12.8. The van der Waals surface area contributed by atoms with E-state index in [0.717, 1.165) is 0 Å². The van der Waals surface area contributed by atoms with E-state index in [1.54, 1.807) is 6.92 Å². The van der Waals surface area contributed by atoms with E-state index >= 15 is 0 Å². The molecule has 2 aromatic rings. The fourth-order valence-corrected chi connectivity index (χ4v) is 3.00. The average molecular weight is 340 g/mol. The number of nitrogens with one attached hydrogen (secondary N) is 1. The molecule has 0 aliphatic carbocycles. The number of alkyl halides is 1. The highest BCUT2D eigenvalue weighted by Gasteiger charge is 2.55. The number of rotatable bonds is 2. The van der Waals surface area contributed by atoms with Crippen molar-refractivity contribution in [2.45, 2.75) is 30.2 Å². The van der Waals surface area contributed by atoms with Crippen molar-refractivity contribution >= 4 is 28.7 Å². The summed E-state index contributed by atoms with van der Waals surface area (Å²) in [6.45, 7) is 1.12. The summed E-state index contributed by atoms with van der Waals surface area (Å²) in [6.07, 6.45) is -1.89. The maximum absolute atomic E-state index is 11.9. The summed E-state index contributed by atoms with van der Waals surface area (Å²) in [7, 11) is 0. The summed E-state index contributed by atoms with van der Waals surface area (Å²) in [5.41, 5.74) is 5.24. The molecule has 0 amide bonds. The second-order valence-electron chi connectivity index (χ2n) is 5.07. The third-order valence-electron chi connectivity index (χ3n) is 3.65. The summed E-state index contributed by atoms with van der Waals surface area (Å²) in [4.78, 5) is 20.7. The lowest BCUT2D eigenvalue weighted by Crippen LogP contribution is -2.41. The molecular weight excluding hydrogens is 326 g/mol. The van der Waals surface area contributed by atoms with Crippen molar-refractivity contribution in [3.8, 4) is 11.8 Å². The number of nitrogen functional groups attached to an aromatic ring is 1. The number of hydrogen-bond donors (Lipinski definition) is 4. The molecule has 23 heavy (non-hydrogen) atoms. The van der Waals surface area contributed by atoms with Crippen molar-refractivity contribution < 1.29 is 14.9 Å². The van der Waals surface area contributed by atoms with Crippen LogP contribution in [0.25, 0.3) is 11.2 Å². The van der Waals surface area contributed by atoms with Gasteiger partial charge in [0.1, 0.15) is 12.2 Å². The van der Waals surface area contributed by atoms with E-state index in [2.05, 4.69) is 26.8 Å².